The number of esters is 1. The van der Waals surface area contributed by atoms with Gasteiger partial charge in [0.15, 0.2) is 6.10 Å². The molecule has 0 saturated carbocycles. The number of hydrogen-bond acceptors (Lipinski definition) is 9. The summed E-state index contributed by atoms with van der Waals surface area (Å²) in [7, 11) is 0. The predicted molar refractivity (Wildman–Crippen MR) is 66.4 cm³/mol. The average Bonchev–Trinajstić information content (AvgIpc) is 2.47. The van der Waals surface area contributed by atoms with Crippen LogP contribution in [-0.2, 0) is 19.0 Å². The number of aliphatic hydroxyl groups is 5. The maximum absolute atomic E-state index is 11.4. The maximum Gasteiger partial charge on any atom is 0.354 e. The van der Waals surface area contributed by atoms with E-state index in [1.54, 1.807) is 6.92 Å². The molecule has 0 radical (unpaired) electrons. The van der Waals surface area contributed by atoms with Gasteiger partial charge in [-0.05, 0) is 13.8 Å². The van der Waals surface area contributed by atoms with Gasteiger partial charge in [-0.15, -0.1) is 0 Å². The molecule has 1 saturated heterocycles. The van der Waals surface area contributed by atoms with Crippen LogP contribution in [0, 0.1) is 0 Å². The van der Waals surface area contributed by atoms with Crippen LogP contribution in [0.5, 0.6) is 0 Å². The van der Waals surface area contributed by atoms with Crippen LogP contribution in [0.4, 0.5) is 0 Å². The number of rotatable bonds is 5. The molecule has 9 heteroatoms. The SMILES string of the molecule is CCOC(=O)/C(C)=C/O[C@@]1(O)O[C@H](CO)[C@@H](O)[C@H](O)[C@@H]1O. The van der Waals surface area contributed by atoms with Gasteiger partial charge in [-0.1, -0.05) is 0 Å². The lowest BCUT2D eigenvalue weighted by Gasteiger charge is -2.43. The van der Waals surface area contributed by atoms with Crippen LogP contribution >= 0.6 is 0 Å². The highest BCUT2D eigenvalue weighted by atomic mass is 16.8. The lowest BCUT2D eigenvalue weighted by Crippen LogP contribution is -2.65. The van der Waals surface area contributed by atoms with Gasteiger partial charge in [0.2, 0.25) is 0 Å². The van der Waals surface area contributed by atoms with Gasteiger partial charge in [-0.3, -0.25) is 0 Å². The van der Waals surface area contributed by atoms with Gasteiger partial charge in [0.25, 0.3) is 0 Å². The smallest absolute Gasteiger partial charge is 0.354 e. The molecule has 1 rings (SSSR count). The van der Waals surface area contributed by atoms with Gasteiger partial charge in [-0.25, -0.2) is 4.79 Å². The quantitative estimate of drug-likeness (QED) is 0.162. The number of carbonyl (C=O) groups is 1. The fourth-order valence-electron chi connectivity index (χ4n) is 1.69. The second-order valence-electron chi connectivity index (χ2n) is 4.53. The van der Waals surface area contributed by atoms with E-state index in [1.807, 2.05) is 0 Å². The molecule has 122 valence electrons. The number of carbonyl (C=O) groups excluding carboxylic acids is 1. The fraction of sp³-hybridized carbons (Fsp3) is 0.750. The summed E-state index contributed by atoms with van der Waals surface area (Å²) >= 11 is 0. The van der Waals surface area contributed by atoms with E-state index < -0.39 is 43.0 Å². The lowest BCUT2D eigenvalue weighted by atomic mass is 9.98. The molecule has 5 N–H and O–H groups in total. The summed E-state index contributed by atoms with van der Waals surface area (Å²) in [6, 6.07) is 0. The van der Waals surface area contributed by atoms with Crippen LogP contribution in [0.3, 0.4) is 0 Å². The summed E-state index contributed by atoms with van der Waals surface area (Å²) in [6.45, 7) is 2.37. The van der Waals surface area contributed by atoms with Crippen molar-refractivity contribution < 1.29 is 44.5 Å². The summed E-state index contributed by atoms with van der Waals surface area (Å²) in [4.78, 5) is 11.4. The minimum absolute atomic E-state index is 0.0257. The third kappa shape index (κ3) is 3.90. The van der Waals surface area contributed by atoms with Crippen LogP contribution in [0.2, 0.25) is 0 Å². The topological polar surface area (TPSA) is 146 Å². The Labute approximate surface area is 121 Å². The first-order chi connectivity index (χ1) is 9.76. The highest BCUT2D eigenvalue weighted by Crippen LogP contribution is 2.29. The van der Waals surface area contributed by atoms with Crippen molar-refractivity contribution >= 4 is 5.97 Å². The Balaban J connectivity index is 2.84. The zero-order valence-electron chi connectivity index (χ0n) is 11.7. The van der Waals surface area contributed by atoms with Crippen LogP contribution in [0.15, 0.2) is 11.8 Å². The molecule has 0 amide bonds. The Kier molecular flexibility index (Phi) is 6.08. The first-order valence-electron chi connectivity index (χ1n) is 6.33. The fourth-order valence-corrected chi connectivity index (χ4v) is 1.69. The lowest BCUT2D eigenvalue weighted by molar-refractivity contribution is -0.435. The second kappa shape index (κ2) is 7.16. The number of hydrogen-bond donors (Lipinski definition) is 5. The molecule has 0 aromatic heterocycles. The Morgan fingerprint density at radius 3 is 2.48 bits per heavy atom. The minimum atomic E-state index is -2.72. The summed E-state index contributed by atoms with van der Waals surface area (Å²) in [5, 5.41) is 47.8. The molecule has 1 aliphatic rings. The van der Waals surface area contributed by atoms with E-state index >= 15 is 0 Å². The van der Waals surface area contributed by atoms with Crippen molar-refractivity contribution in [2.75, 3.05) is 13.2 Å². The van der Waals surface area contributed by atoms with Crippen molar-refractivity contribution in [3.8, 4) is 0 Å². The van der Waals surface area contributed by atoms with E-state index in [0.717, 1.165) is 6.26 Å². The first-order valence-corrected chi connectivity index (χ1v) is 6.33. The van der Waals surface area contributed by atoms with Gasteiger partial charge in [0.05, 0.1) is 25.0 Å². The minimum Gasteiger partial charge on any atom is -0.463 e. The Hall–Kier alpha value is -1.23. The first kappa shape index (κ1) is 17.8. The van der Waals surface area contributed by atoms with E-state index in [1.165, 1.54) is 6.92 Å². The summed E-state index contributed by atoms with van der Waals surface area (Å²) in [6.07, 6.45) is -6.01. The molecule has 1 fully saturated rings. The molecule has 0 bridgehead atoms. The van der Waals surface area contributed by atoms with Crippen molar-refractivity contribution in [1.82, 2.24) is 0 Å². The third-order valence-corrected chi connectivity index (χ3v) is 2.93. The Bertz CT molecular complexity index is 394. The standard InChI is InChI=1S/C12H20O9/c1-3-19-11(17)6(2)5-20-12(18)10(16)9(15)8(14)7(4-13)21-12/h5,7-10,13-16,18H,3-4H2,1-2H3/b6-5+/t7-,8-,9+,10+,12-/m1/s1. The molecule has 0 unspecified atom stereocenters. The zero-order valence-corrected chi connectivity index (χ0v) is 11.7. The van der Waals surface area contributed by atoms with Crippen LogP contribution < -0.4 is 0 Å². The maximum atomic E-state index is 11.4. The number of ether oxygens (including phenoxy) is 3. The van der Waals surface area contributed by atoms with E-state index in [0.29, 0.717) is 0 Å². The Morgan fingerprint density at radius 1 is 1.33 bits per heavy atom. The summed E-state index contributed by atoms with van der Waals surface area (Å²) in [5.74, 6) is -3.43. The van der Waals surface area contributed by atoms with Gasteiger partial charge >= 0.3 is 11.9 Å². The van der Waals surface area contributed by atoms with E-state index in [2.05, 4.69) is 4.74 Å². The van der Waals surface area contributed by atoms with E-state index in [9.17, 15) is 25.2 Å². The molecule has 9 nitrogen and oxygen atoms in total. The predicted octanol–water partition coefficient (Wildman–Crippen LogP) is -2.41. The van der Waals surface area contributed by atoms with Crippen LogP contribution in [0.1, 0.15) is 13.8 Å². The van der Waals surface area contributed by atoms with Crippen LogP contribution in [-0.4, -0.2) is 75.1 Å². The van der Waals surface area contributed by atoms with Gasteiger partial charge in [0.1, 0.15) is 18.3 Å². The van der Waals surface area contributed by atoms with Gasteiger partial charge < -0.3 is 39.7 Å². The van der Waals surface area contributed by atoms with Crippen molar-refractivity contribution in [1.29, 1.82) is 0 Å². The molecule has 0 spiro atoms. The van der Waals surface area contributed by atoms with Crippen LogP contribution in [0.25, 0.3) is 0 Å². The normalized spacial score (nSPS) is 37.2. The highest BCUT2D eigenvalue weighted by Gasteiger charge is 2.54. The Morgan fingerprint density at radius 2 is 1.95 bits per heavy atom. The monoisotopic (exact) mass is 308 g/mol. The number of aliphatic hydroxyl groups excluding tert-OH is 4. The summed E-state index contributed by atoms with van der Waals surface area (Å²) in [5.41, 5.74) is -0.0257. The van der Waals surface area contributed by atoms with Crippen molar-refractivity contribution in [2.24, 2.45) is 0 Å². The molecule has 1 heterocycles. The second-order valence-corrected chi connectivity index (χ2v) is 4.53. The largest absolute Gasteiger partial charge is 0.463 e. The summed E-state index contributed by atoms with van der Waals surface area (Å²) < 4.78 is 14.3. The molecule has 0 aliphatic carbocycles. The van der Waals surface area contributed by atoms with Gasteiger partial charge in [0, 0.05) is 0 Å². The molecule has 5 atom stereocenters. The average molecular weight is 308 g/mol. The van der Waals surface area contributed by atoms with Gasteiger partial charge in [-0.2, -0.15) is 0 Å². The molecule has 1 aliphatic heterocycles. The molecule has 0 aromatic carbocycles. The molecule has 21 heavy (non-hydrogen) atoms. The zero-order chi connectivity index (χ0) is 16.2. The third-order valence-electron chi connectivity index (χ3n) is 2.93. The molecule has 0 aromatic rings. The highest BCUT2D eigenvalue weighted by molar-refractivity contribution is 5.87. The van der Waals surface area contributed by atoms with Crippen molar-refractivity contribution in [2.45, 2.75) is 44.2 Å². The van der Waals surface area contributed by atoms with E-state index in [-0.39, 0.29) is 12.2 Å². The van der Waals surface area contributed by atoms with E-state index in [4.69, 9.17) is 14.6 Å². The molecular formula is C12H20O9. The molecular weight excluding hydrogens is 288 g/mol. The van der Waals surface area contributed by atoms with Crippen molar-refractivity contribution in [3.05, 3.63) is 11.8 Å². The van der Waals surface area contributed by atoms with Crippen molar-refractivity contribution in [3.63, 3.8) is 0 Å².